The lowest BCUT2D eigenvalue weighted by atomic mass is 9.97. The zero-order chi connectivity index (χ0) is 34.9. The summed E-state index contributed by atoms with van der Waals surface area (Å²) in [6.45, 7) is 0. The van der Waals surface area contributed by atoms with Gasteiger partial charge in [0.15, 0.2) is 0 Å². The van der Waals surface area contributed by atoms with Gasteiger partial charge in [0.25, 0.3) is 0 Å². The van der Waals surface area contributed by atoms with Gasteiger partial charge in [0.2, 0.25) is 0 Å². The minimum absolute atomic E-state index is 1.12. The van der Waals surface area contributed by atoms with Gasteiger partial charge in [-0.3, -0.25) is 0 Å². The first-order chi connectivity index (χ1) is 26.3. The summed E-state index contributed by atoms with van der Waals surface area (Å²) in [4.78, 5) is 2.41. The maximum Gasteiger partial charge on any atom is 0.0474 e. The van der Waals surface area contributed by atoms with Crippen molar-refractivity contribution in [3.05, 3.63) is 200 Å². The molecular formula is C52H33N. The maximum absolute atomic E-state index is 2.41. The molecule has 1 aliphatic rings. The van der Waals surface area contributed by atoms with Crippen molar-refractivity contribution >= 4 is 60.2 Å². The maximum atomic E-state index is 2.41. The Morgan fingerprint density at radius 3 is 1.55 bits per heavy atom. The molecule has 246 valence electrons. The van der Waals surface area contributed by atoms with Crippen molar-refractivity contribution in [2.45, 2.75) is 0 Å². The summed E-state index contributed by atoms with van der Waals surface area (Å²) in [6.07, 6.45) is 0. The van der Waals surface area contributed by atoms with Gasteiger partial charge in [-0.25, -0.2) is 0 Å². The van der Waals surface area contributed by atoms with E-state index in [1.807, 2.05) is 0 Å². The zero-order valence-corrected chi connectivity index (χ0v) is 29.0. The highest BCUT2D eigenvalue weighted by Crippen LogP contribution is 2.50. The zero-order valence-electron chi connectivity index (χ0n) is 29.0. The quantitative estimate of drug-likeness (QED) is 0.165. The van der Waals surface area contributed by atoms with Crippen LogP contribution in [-0.4, -0.2) is 0 Å². The molecule has 11 rings (SSSR count). The molecule has 0 amide bonds. The van der Waals surface area contributed by atoms with Crippen molar-refractivity contribution in [1.82, 2.24) is 0 Å². The fraction of sp³-hybridized carbons (Fsp3) is 0. The molecule has 0 heterocycles. The van der Waals surface area contributed by atoms with Crippen LogP contribution in [0.1, 0.15) is 0 Å². The van der Waals surface area contributed by atoms with Gasteiger partial charge in [0, 0.05) is 17.1 Å². The average Bonchev–Trinajstić information content (AvgIpc) is 3.55. The molecule has 0 saturated carbocycles. The van der Waals surface area contributed by atoms with Crippen LogP contribution < -0.4 is 4.90 Å². The van der Waals surface area contributed by atoms with E-state index in [4.69, 9.17) is 0 Å². The van der Waals surface area contributed by atoms with Gasteiger partial charge in [-0.15, -0.1) is 0 Å². The van der Waals surface area contributed by atoms with E-state index in [0.29, 0.717) is 0 Å². The number of hydrogen-bond donors (Lipinski definition) is 0. The Morgan fingerprint density at radius 2 is 0.774 bits per heavy atom. The van der Waals surface area contributed by atoms with E-state index >= 15 is 0 Å². The Kier molecular flexibility index (Phi) is 6.62. The molecule has 0 spiro atoms. The van der Waals surface area contributed by atoms with E-state index < -0.39 is 0 Å². The molecule has 0 fully saturated rings. The lowest BCUT2D eigenvalue weighted by Crippen LogP contribution is -2.10. The first kappa shape index (κ1) is 29.7. The highest BCUT2D eigenvalue weighted by molar-refractivity contribution is 6.16. The van der Waals surface area contributed by atoms with Crippen LogP contribution in [-0.2, 0) is 0 Å². The standard InChI is InChI=1S/C52H33N/c1-3-13-44-35(9-1)11-7-17-46(44)37-23-28-42(29-24-37)53(43-32-40-12-8-18-50-48-15-5-6-16-49(48)51(33-43)52(40)50)41-26-21-34(22-27-41)38-25-30-47-39(31-38)20-19-36-10-2-4-14-45(36)47/h1-33H. The van der Waals surface area contributed by atoms with Gasteiger partial charge in [-0.05, 0) is 130 Å². The van der Waals surface area contributed by atoms with Crippen LogP contribution in [0.4, 0.5) is 17.1 Å². The SMILES string of the molecule is c1ccc2c(c1)-c1cccc3cc(N(c4ccc(-c5ccc6c(ccc7ccccc76)c5)cc4)c4ccc(-c5cccc6ccccc56)cc4)cc-2c13. The number of anilines is 3. The second-order valence-electron chi connectivity index (χ2n) is 14.1. The summed E-state index contributed by atoms with van der Waals surface area (Å²) < 4.78 is 0. The van der Waals surface area contributed by atoms with E-state index in [0.717, 1.165) is 17.1 Å². The highest BCUT2D eigenvalue weighted by atomic mass is 15.1. The predicted octanol–water partition coefficient (Wildman–Crippen LogP) is 14.8. The van der Waals surface area contributed by atoms with Crippen LogP contribution in [0, 0.1) is 0 Å². The van der Waals surface area contributed by atoms with E-state index in [1.54, 1.807) is 0 Å². The van der Waals surface area contributed by atoms with Crippen LogP contribution in [0.2, 0.25) is 0 Å². The first-order valence-electron chi connectivity index (χ1n) is 18.3. The topological polar surface area (TPSA) is 3.24 Å². The molecule has 10 aromatic carbocycles. The lowest BCUT2D eigenvalue weighted by Gasteiger charge is -2.27. The molecular weight excluding hydrogens is 639 g/mol. The normalized spacial score (nSPS) is 11.8. The lowest BCUT2D eigenvalue weighted by molar-refractivity contribution is 1.29. The molecule has 0 unspecified atom stereocenters. The minimum Gasteiger partial charge on any atom is -0.310 e. The summed E-state index contributed by atoms with van der Waals surface area (Å²) >= 11 is 0. The summed E-state index contributed by atoms with van der Waals surface area (Å²) in [6, 6.07) is 73.6. The van der Waals surface area contributed by atoms with E-state index in [9.17, 15) is 0 Å². The van der Waals surface area contributed by atoms with Crippen molar-refractivity contribution < 1.29 is 0 Å². The molecule has 0 bridgehead atoms. The Morgan fingerprint density at radius 1 is 0.245 bits per heavy atom. The summed E-state index contributed by atoms with van der Waals surface area (Å²) in [7, 11) is 0. The molecule has 0 aliphatic heterocycles. The van der Waals surface area contributed by atoms with E-state index in [1.165, 1.54) is 87.6 Å². The Balaban J connectivity index is 1.04. The van der Waals surface area contributed by atoms with Crippen molar-refractivity contribution in [3.63, 3.8) is 0 Å². The second-order valence-corrected chi connectivity index (χ2v) is 14.1. The van der Waals surface area contributed by atoms with Crippen LogP contribution in [0.25, 0.3) is 87.6 Å². The number of rotatable bonds is 5. The minimum atomic E-state index is 1.12. The highest BCUT2D eigenvalue weighted by Gasteiger charge is 2.24. The largest absolute Gasteiger partial charge is 0.310 e. The van der Waals surface area contributed by atoms with Gasteiger partial charge in [-0.2, -0.15) is 0 Å². The molecule has 0 N–H and O–H groups in total. The molecule has 10 aromatic rings. The summed E-state index contributed by atoms with van der Waals surface area (Å²) in [5.41, 5.74) is 13.5. The monoisotopic (exact) mass is 671 g/mol. The number of hydrogen-bond acceptors (Lipinski definition) is 1. The third kappa shape index (κ3) is 4.79. The van der Waals surface area contributed by atoms with Crippen molar-refractivity contribution in [1.29, 1.82) is 0 Å². The molecule has 0 aromatic heterocycles. The van der Waals surface area contributed by atoms with Gasteiger partial charge >= 0.3 is 0 Å². The van der Waals surface area contributed by atoms with E-state index in [-0.39, 0.29) is 0 Å². The third-order valence-electron chi connectivity index (χ3n) is 11.2. The number of nitrogens with zero attached hydrogens (tertiary/aromatic N) is 1. The van der Waals surface area contributed by atoms with Crippen molar-refractivity contribution in [2.24, 2.45) is 0 Å². The molecule has 1 heteroatoms. The summed E-state index contributed by atoms with van der Waals surface area (Å²) in [5, 5.41) is 10.2. The smallest absolute Gasteiger partial charge is 0.0474 e. The van der Waals surface area contributed by atoms with Gasteiger partial charge in [0.05, 0.1) is 0 Å². The van der Waals surface area contributed by atoms with Crippen LogP contribution in [0.15, 0.2) is 200 Å². The van der Waals surface area contributed by atoms with Crippen LogP contribution in [0.5, 0.6) is 0 Å². The molecule has 1 nitrogen and oxygen atoms in total. The third-order valence-corrected chi connectivity index (χ3v) is 11.2. The average molecular weight is 672 g/mol. The predicted molar refractivity (Wildman–Crippen MR) is 226 cm³/mol. The first-order valence-corrected chi connectivity index (χ1v) is 18.3. The molecule has 0 radical (unpaired) electrons. The van der Waals surface area contributed by atoms with E-state index in [2.05, 4.69) is 205 Å². The fourth-order valence-corrected chi connectivity index (χ4v) is 8.64. The van der Waals surface area contributed by atoms with Crippen molar-refractivity contribution in [2.75, 3.05) is 4.90 Å². The van der Waals surface area contributed by atoms with Crippen LogP contribution in [0.3, 0.4) is 0 Å². The Labute approximate surface area is 308 Å². The molecule has 53 heavy (non-hydrogen) atoms. The van der Waals surface area contributed by atoms with Gasteiger partial charge in [-0.1, -0.05) is 158 Å². The fourth-order valence-electron chi connectivity index (χ4n) is 8.64. The number of benzene rings is 10. The second kappa shape index (κ2) is 11.8. The molecule has 1 aliphatic carbocycles. The molecule has 0 atom stereocenters. The van der Waals surface area contributed by atoms with Crippen LogP contribution >= 0.6 is 0 Å². The van der Waals surface area contributed by atoms with Crippen molar-refractivity contribution in [3.8, 4) is 44.5 Å². The van der Waals surface area contributed by atoms with Gasteiger partial charge < -0.3 is 4.90 Å². The summed E-state index contributed by atoms with van der Waals surface area (Å²) in [5.74, 6) is 0. The number of fused-ring (bicyclic) bond motifs is 7. The molecule has 0 saturated heterocycles. The Hall–Kier alpha value is -6.96. The Bertz CT molecular complexity index is 3040. The van der Waals surface area contributed by atoms with Gasteiger partial charge in [0.1, 0.15) is 0 Å².